The Labute approximate surface area is 215 Å². The fourth-order valence-corrected chi connectivity index (χ4v) is 3.69. The number of nitrogens with zero attached hydrogens (tertiary/aromatic N) is 3. The van der Waals surface area contributed by atoms with E-state index in [1.165, 1.54) is 21.3 Å². The van der Waals surface area contributed by atoms with Crippen molar-refractivity contribution >= 4 is 17.4 Å². The van der Waals surface area contributed by atoms with Gasteiger partial charge in [0.05, 0.1) is 33.1 Å². The molecule has 4 aromatic rings. The number of benzene rings is 2. The van der Waals surface area contributed by atoms with Crippen LogP contribution < -0.4 is 25.3 Å². The first kappa shape index (κ1) is 25.1. The number of rotatable bonds is 6. The number of nitrogens with one attached hydrogen (secondary N) is 1. The van der Waals surface area contributed by atoms with Crippen molar-refractivity contribution < 1.29 is 19.0 Å². The quantitative estimate of drug-likeness (QED) is 0.386. The number of anilines is 2. The molecule has 0 saturated carbocycles. The van der Waals surface area contributed by atoms with Crippen LogP contribution in [0.15, 0.2) is 55.0 Å². The number of amides is 1. The van der Waals surface area contributed by atoms with Crippen LogP contribution in [0.1, 0.15) is 27.0 Å². The predicted octanol–water partition coefficient (Wildman–Crippen LogP) is 4.05. The third-order valence-corrected chi connectivity index (χ3v) is 5.71. The summed E-state index contributed by atoms with van der Waals surface area (Å²) in [5.41, 5.74) is 11.0. The van der Waals surface area contributed by atoms with Crippen LogP contribution >= 0.6 is 0 Å². The van der Waals surface area contributed by atoms with Crippen LogP contribution in [-0.4, -0.2) is 42.0 Å². The number of pyridine rings is 1. The van der Waals surface area contributed by atoms with Crippen LogP contribution in [0.5, 0.6) is 17.2 Å². The van der Waals surface area contributed by atoms with Gasteiger partial charge >= 0.3 is 0 Å². The van der Waals surface area contributed by atoms with E-state index >= 15 is 0 Å². The molecule has 0 fully saturated rings. The summed E-state index contributed by atoms with van der Waals surface area (Å²) in [6, 6.07) is 10.5. The average molecular weight is 498 g/mol. The van der Waals surface area contributed by atoms with E-state index in [1.807, 2.05) is 32.3 Å². The van der Waals surface area contributed by atoms with Gasteiger partial charge in [-0.3, -0.25) is 9.48 Å². The van der Waals surface area contributed by atoms with Gasteiger partial charge in [-0.05, 0) is 30.7 Å². The summed E-state index contributed by atoms with van der Waals surface area (Å²) in [6.45, 7) is 1.93. The highest BCUT2D eigenvalue weighted by Gasteiger charge is 2.15. The summed E-state index contributed by atoms with van der Waals surface area (Å²) in [4.78, 5) is 17.3. The maximum absolute atomic E-state index is 13.1. The first-order valence-electron chi connectivity index (χ1n) is 11.3. The minimum Gasteiger partial charge on any atom is -0.493 e. The Balaban J connectivity index is 1.61. The summed E-state index contributed by atoms with van der Waals surface area (Å²) in [7, 11) is 6.40. The number of hydrogen-bond acceptors (Lipinski definition) is 7. The van der Waals surface area contributed by atoms with Crippen molar-refractivity contribution in [3.8, 4) is 40.2 Å². The van der Waals surface area contributed by atoms with Crippen molar-refractivity contribution in [3.63, 3.8) is 0 Å². The van der Waals surface area contributed by atoms with Crippen LogP contribution in [0, 0.1) is 18.8 Å². The molecule has 4 rings (SSSR count). The van der Waals surface area contributed by atoms with E-state index in [-0.39, 0.29) is 5.91 Å². The van der Waals surface area contributed by atoms with Crippen LogP contribution in [0.3, 0.4) is 0 Å². The normalized spacial score (nSPS) is 10.3. The maximum Gasteiger partial charge on any atom is 0.255 e. The second-order valence-corrected chi connectivity index (χ2v) is 8.21. The van der Waals surface area contributed by atoms with Crippen LogP contribution in [0.25, 0.3) is 11.1 Å². The maximum atomic E-state index is 13.1. The van der Waals surface area contributed by atoms with Gasteiger partial charge in [-0.2, -0.15) is 5.10 Å². The van der Waals surface area contributed by atoms with E-state index < -0.39 is 0 Å². The molecule has 2 aromatic heterocycles. The molecule has 37 heavy (non-hydrogen) atoms. The molecule has 0 aliphatic rings. The fourth-order valence-electron chi connectivity index (χ4n) is 3.69. The molecule has 0 atom stereocenters. The highest BCUT2D eigenvalue weighted by molar-refractivity contribution is 6.04. The molecule has 9 nitrogen and oxygen atoms in total. The number of nitrogen functional groups attached to an aromatic ring is 1. The molecule has 0 aliphatic carbocycles. The lowest BCUT2D eigenvalue weighted by molar-refractivity contribution is 0.102. The molecule has 3 N–H and O–H groups in total. The summed E-state index contributed by atoms with van der Waals surface area (Å²) < 4.78 is 17.8. The highest BCUT2D eigenvalue weighted by Crippen LogP contribution is 2.40. The summed E-state index contributed by atoms with van der Waals surface area (Å²) in [6.07, 6.45) is 5.34. The van der Waals surface area contributed by atoms with Gasteiger partial charge in [0, 0.05) is 59.5 Å². The number of carbonyl (C=O) groups excluding carboxylic acids is 1. The minimum atomic E-state index is -0.308. The second-order valence-electron chi connectivity index (χ2n) is 8.21. The van der Waals surface area contributed by atoms with Crippen LogP contribution in [-0.2, 0) is 7.05 Å². The molecule has 0 saturated heterocycles. The van der Waals surface area contributed by atoms with Crippen molar-refractivity contribution in [2.75, 3.05) is 32.4 Å². The number of hydrogen-bond donors (Lipinski definition) is 2. The largest absolute Gasteiger partial charge is 0.493 e. The van der Waals surface area contributed by atoms with E-state index in [0.29, 0.717) is 45.4 Å². The van der Waals surface area contributed by atoms with Gasteiger partial charge in [-0.1, -0.05) is 17.9 Å². The minimum absolute atomic E-state index is 0.308. The van der Waals surface area contributed by atoms with Crippen molar-refractivity contribution in [1.29, 1.82) is 0 Å². The summed E-state index contributed by atoms with van der Waals surface area (Å²) in [5.74, 6) is 7.58. The molecule has 0 bridgehead atoms. The zero-order valence-corrected chi connectivity index (χ0v) is 21.2. The lowest BCUT2D eigenvalue weighted by Gasteiger charge is -2.14. The summed E-state index contributed by atoms with van der Waals surface area (Å²) >= 11 is 0. The molecule has 0 aliphatic heterocycles. The number of ether oxygens (including phenoxy) is 3. The fraction of sp³-hybridized carbons (Fsp3) is 0.179. The Kier molecular flexibility index (Phi) is 7.30. The third-order valence-electron chi connectivity index (χ3n) is 5.71. The Morgan fingerprint density at radius 1 is 0.946 bits per heavy atom. The molecular formula is C28H27N5O4. The Morgan fingerprint density at radius 3 is 2.27 bits per heavy atom. The number of methoxy groups -OCH3 is 3. The SMILES string of the molecule is COc1cc(NC(=O)c2ccc(C)c(C#Cc3cc(-c4cnn(C)c4)cnc3N)c2)cc(OC)c1OC. The van der Waals surface area contributed by atoms with Crippen LogP contribution in [0.4, 0.5) is 11.5 Å². The number of aromatic nitrogens is 3. The lowest BCUT2D eigenvalue weighted by Crippen LogP contribution is -2.12. The summed E-state index contributed by atoms with van der Waals surface area (Å²) in [5, 5.41) is 7.07. The number of aryl methyl sites for hydroxylation is 2. The molecule has 188 valence electrons. The highest BCUT2D eigenvalue weighted by atomic mass is 16.5. The number of nitrogens with two attached hydrogens (primary N) is 1. The Bertz CT molecular complexity index is 1510. The first-order chi connectivity index (χ1) is 17.8. The molecular weight excluding hydrogens is 470 g/mol. The molecule has 1 amide bonds. The number of carbonyl (C=O) groups is 1. The molecule has 9 heteroatoms. The first-order valence-corrected chi connectivity index (χ1v) is 11.3. The smallest absolute Gasteiger partial charge is 0.255 e. The average Bonchev–Trinajstić information content (AvgIpc) is 3.34. The molecule has 0 spiro atoms. The zero-order valence-electron chi connectivity index (χ0n) is 21.2. The van der Waals surface area contributed by atoms with Gasteiger partial charge in [0.2, 0.25) is 5.75 Å². The van der Waals surface area contributed by atoms with Gasteiger partial charge in [-0.25, -0.2) is 4.98 Å². The predicted molar refractivity (Wildman–Crippen MR) is 142 cm³/mol. The monoisotopic (exact) mass is 497 g/mol. The van der Waals surface area contributed by atoms with E-state index in [2.05, 4.69) is 27.2 Å². The Hall–Kier alpha value is -4.97. The molecule has 0 radical (unpaired) electrons. The van der Waals surface area contributed by atoms with E-state index in [0.717, 1.165) is 16.7 Å². The molecule has 2 heterocycles. The standard InChI is InChI=1S/C28H27N5O4/c1-17-6-7-20(28(34)32-23-12-24(35-3)26(37-5)25(13-23)36-4)10-18(17)8-9-19-11-21(14-30-27(19)29)22-15-31-33(2)16-22/h6-7,10-16H,1-5H3,(H2,29,30)(H,32,34). The van der Waals surface area contributed by atoms with E-state index in [4.69, 9.17) is 19.9 Å². The molecule has 0 unspecified atom stereocenters. The van der Waals surface area contributed by atoms with Gasteiger partial charge in [-0.15, -0.1) is 0 Å². The Morgan fingerprint density at radius 2 is 1.65 bits per heavy atom. The third kappa shape index (κ3) is 5.49. The van der Waals surface area contributed by atoms with Crippen molar-refractivity contribution in [2.24, 2.45) is 7.05 Å². The van der Waals surface area contributed by atoms with E-state index in [9.17, 15) is 4.79 Å². The lowest BCUT2D eigenvalue weighted by atomic mass is 10.0. The van der Waals surface area contributed by atoms with Crippen molar-refractivity contribution in [2.45, 2.75) is 6.92 Å². The van der Waals surface area contributed by atoms with Gasteiger partial charge in [0.15, 0.2) is 11.5 Å². The molecule has 2 aromatic carbocycles. The van der Waals surface area contributed by atoms with Gasteiger partial charge < -0.3 is 25.3 Å². The van der Waals surface area contributed by atoms with Crippen molar-refractivity contribution in [1.82, 2.24) is 14.8 Å². The topological polar surface area (TPSA) is 114 Å². The van der Waals surface area contributed by atoms with Crippen molar-refractivity contribution in [3.05, 3.63) is 77.2 Å². The van der Waals surface area contributed by atoms with E-state index in [1.54, 1.807) is 41.3 Å². The second kappa shape index (κ2) is 10.7. The van der Waals surface area contributed by atoms with Crippen LogP contribution in [0.2, 0.25) is 0 Å². The van der Waals surface area contributed by atoms with Gasteiger partial charge in [0.25, 0.3) is 5.91 Å². The zero-order chi connectivity index (χ0) is 26.5. The van der Waals surface area contributed by atoms with Gasteiger partial charge in [0.1, 0.15) is 5.82 Å².